The number of carbonyl (C=O) groups is 1. The molecule has 0 radical (unpaired) electrons. The summed E-state index contributed by atoms with van der Waals surface area (Å²) in [5.41, 5.74) is 2.17. The number of amides is 1. The molecule has 4 aromatic rings. The van der Waals surface area contributed by atoms with Crippen LogP contribution in [0.5, 0.6) is 17.2 Å². The molecule has 0 aliphatic carbocycles. The van der Waals surface area contributed by atoms with Gasteiger partial charge in [0, 0.05) is 34.8 Å². The molecule has 0 saturated carbocycles. The van der Waals surface area contributed by atoms with Gasteiger partial charge in [0.1, 0.15) is 12.0 Å². The van der Waals surface area contributed by atoms with Crippen molar-refractivity contribution in [3.05, 3.63) is 93.5 Å². The van der Waals surface area contributed by atoms with Crippen molar-refractivity contribution in [3.8, 4) is 28.5 Å². The fraction of sp³-hybridized carbons (Fsp3) is 0.0833. The average Bonchev–Trinajstić information content (AvgIpc) is 3.27. The maximum Gasteiger partial charge on any atom is 0.313 e. The van der Waals surface area contributed by atoms with Gasteiger partial charge in [0.05, 0.1) is 12.0 Å². The Morgan fingerprint density at radius 1 is 1.06 bits per heavy atom. The molecular formula is C24H18ClN3O6. The molecule has 0 atom stereocenters. The monoisotopic (exact) mass is 479 g/mol. The second kappa shape index (κ2) is 9.63. The van der Waals surface area contributed by atoms with Gasteiger partial charge in [-0.3, -0.25) is 14.9 Å². The van der Waals surface area contributed by atoms with Crippen LogP contribution in [0.2, 0.25) is 5.02 Å². The van der Waals surface area contributed by atoms with Crippen molar-refractivity contribution in [2.24, 2.45) is 0 Å². The number of halogens is 1. The van der Waals surface area contributed by atoms with Crippen LogP contribution in [-0.2, 0) is 0 Å². The van der Waals surface area contributed by atoms with E-state index in [1.165, 1.54) is 43.5 Å². The maximum absolute atomic E-state index is 12.8. The zero-order valence-corrected chi connectivity index (χ0v) is 18.8. The molecular weight excluding hydrogens is 462 g/mol. The van der Waals surface area contributed by atoms with Crippen molar-refractivity contribution in [3.63, 3.8) is 0 Å². The largest absolute Gasteiger partial charge is 0.493 e. The summed E-state index contributed by atoms with van der Waals surface area (Å²) in [5, 5.41) is 14.3. The molecule has 0 aliphatic rings. The molecule has 0 fully saturated rings. The van der Waals surface area contributed by atoms with Crippen LogP contribution in [0.15, 0.2) is 71.3 Å². The summed E-state index contributed by atoms with van der Waals surface area (Å²) in [6.45, 7) is 1.76. The van der Waals surface area contributed by atoms with Crippen LogP contribution < -0.4 is 14.8 Å². The Morgan fingerprint density at radius 3 is 2.44 bits per heavy atom. The number of ether oxygens (including phenoxy) is 2. The Bertz CT molecular complexity index is 1370. The normalized spacial score (nSPS) is 10.6. The highest BCUT2D eigenvalue weighted by molar-refractivity contribution is 6.30. The van der Waals surface area contributed by atoms with Crippen LogP contribution in [0.25, 0.3) is 11.3 Å². The third-order valence-electron chi connectivity index (χ3n) is 4.82. The summed E-state index contributed by atoms with van der Waals surface area (Å²) in [6, 6.07) is 15.7. The number of oxazole rings is 1. The summed E-state index contributed by atoms with van der Waals surface area (Å²) in [5.74, 6) is 0.629. The van der Waals surface area contributed by atoms with Gasteiger partial charge in [-0.15, -0.1) is 0 Å². The van der Waals surface area contributed by atoms with Gasteiger partial charge < -0.3 is 19.2 Å². The lowest BCUT2D eigenvalue weighted by atomic mass is 10.1. The minimum atomic E-state index is -0.593. The zero-order chi connectivity index (χ0) is 24.2. The van der Waals surface area contributed by atoms with Crippen molar-refractivity contribution in [2.75, 3.05) is 12.4 Å². The van der Waals surface area contributed by atoms with Gasteiger partial charge >= 0.3 is 5.69 Å². The fourth-order valence-electron chi connectivity index (χ4n) is 3.15. The van der Waals surface area contributed by atoms with Crippen LogP contribution in [0.4, 0.5) is 11.4 Å². The Morgan fingerprint density at radius 2 is 1.79 bits per heavy atom. The number of nitrogens with zero attached hydrogens (tertiary/aromatic N) is 2. The van der Waals surface area contributed by atoms with E-state index in [-0.39, 0.29) is 33.9 Å². The lowest BCUT2D eigenvalue weighted by Crippen LogP contribution is -2.12. The van der Waals surface area contributed by atoms with Gasteiger partial charge in [0.15, 0.2) is 17.4 Å². The van der Waals surface area contributed by atoms with E-state index in [0.29, 0.717) is 22.8 Å². The van der Waals surface area contributed by atoms with Gasteiger partial charge in [-0.25, -0.2) is 4.98 Å². The highest BCUT2D eigenvalue weighted by atomic mass is 35.5. The minimum Gasteiger partial charge on any atom is -0.493 e. The summed E-state index contributed by atoms with van der Waals surface area (Å²) in [7, 11) is 1.41. The third-order valence-corrected chi connectivity index (χ3v) is 5.06. The van der Waals surface area contributed by atoms with Gasteiger partial charge in [0.25, 0.3) is 5.91 Å². The van der Waals surface area contributed by atoms with Crippen LogP contribution in [0.1, 0.15) is 16.2 Å². The smallest absolute Gasteiger partial charge is 0.313 e. The number of hydrogen-bond donors (Lipinski definition) is 1. The van der Waals surface area contributed by atoms with Crippen molar-refractivity contribution >= 4 is 28.9 Å². The molecule has 0 saturated heterocycles. The number of nitro benzene ring substituents is 1. The molecule has 0 aliphatic heterocycles. The Kier molecular flexibility index (Phi) is 6.46. The van der Waals surface area contributed by atoms with Crippen molar-refractivity contribution in [1.29, 1.82) is 0 Å². The van der Waals surface area contributed by atoms with E-state index >= 15 is 0 Å². The molecule has 172 valence electrons. The third kappa shape index (κ3) is 5.00. The van der Waals surface area contributed by atoms with Gasteiger partial charge in [-0.1, -0.05) is 23.7 Å². The Hall–Kier alpha value is -4.37. The van der Waals surface area contributed by atoms with E-state index in [1.54, 1.807) is 25.3 Å². The zero-order valence-electron chi connectivity index (χ0n) is 18.1. The van der Waals surface area contributed by atoms with E-state index in [4.69, 9.17) is 25.5 Å². The lowest BCUT2D eigenvalue weighted by molar-refractivity contribution is -0.385. The number of aryl methyl sites for hydroxylation is 1. The number of nitrogens with one attached hydrogen (secondary N) is 1. The van der Waals surface area contributed by atoms with Crippen LogP contribution in [0, 0.1) is 17.0 Å². The number of hydrogen-bond acceptors (Lipinski definition) is 7. The molecule has 9 nitrogen and oxygen atoms in total. The minimum absolute atomic E-state index is 0.00713. The summed E-state index contributed by atoms with van der Waals surface area (Å²) < 4.78 is 16.2. The quantitative estimate of drug-likeness (QED) is 0.245. The second-order valence-corrected chi connectivity index (χ2v) is 7.56. The molecule has 0 spiro atoms. The van der Waals surface area contributed by atoms with Crippen molar-refractivity contribution < 1.29 is 23.6 Å². The van der Waals surface area contributed by atoms with Crippen LogP contribution in [0.3, 0.4) is 0 Å². The topological polar surface area (TPSA) is 117 Å². The molecule has 4 rings (SSSR count). The van der Waals surface area contributed by atoms with Crippen LogP contribution in [-0.4, -0.2) is 22.9 Å². The first-order chi connectivity index (χ1) is 16.3. The second-order valence-electron chi connectivity index (χ2n) is 7.12. The molecule has 1 N–H and O–H groups in total. The first-order valence-corrected chi connectivity index (χ1v) is 10.4. The number of carbonyl (C=O) groups excluding carboxylic acids is 1. The van der Waals surface area contributed by atoms with Crippen molar-refractivity contribution in [2.45, 2.75) is 6.92 Å². The van der Waals surface area contributed by atoms with Gasteiger partial charge in [-0.2, -0.15) is 0 Å². The predicted octanol–water partition coefficient (Wildman–Crippen LogP) is 6.26. The summed E-state index contributed by atoms with van der Waals surface area (Å²) >= 11 is 5.85. The maximum atomic E-state index is 12.8. The van der Waals surface area contributed by atoms with Crippen LogP contribution >= 0.6 is 11.6 Å². The Balaban J connectivity index is 1.51. The number of benzene rings is 3. The first kappa shape index (κ1) is 22.8. The summed E-state index contributed by atoms with van der Waals surface area (Å²) in [4.78, 5) is 27.7. The number of methoxy groups -OCH3 is 1. The van der Waals surface area contributed by atoms with Gasteiger partial charge in [-0.05, 0) is 42.5 Å². The molecule has 1 aromatic heterocycles. The SMILES string of the molecule is COc1cc(C(=O)Nc2ccc(-c3coc(C)n3)cc2)ccc1Oc1ccc(Cl)cc1[N+](=O)[O-]. The molecule has 10 heteroatoms. The number of nitro groups is 1. The lowest BCUT2D eigenvalue weighted by Gasteiger charge is -2.12. The number of aromatic nitrogens is 1. The van der Waals surface area contributed by atoms with E-state index in [2.05, 4.69) is 10.3 Å². The van der Waals surface area contributed by atoms with E-state index in [1.807, 2.05) is 12.1 Å². The first-order valence-electron chi connectivity index (χ1n) is 9.98. The molecule has 0 bridgehead atoms. The highest BCUT2D eigenvalue weighted by Gasteiger charge is 2.19. The standard InChI is InChI=1S/C24H18ClN3O6/c1-14-26-19(13-33-14)15-3-7-18(8-4-15)27-24(29)16-5-9-22(23(11-16)32-2)34-21-10-6-17(25)12-20(21)28(30)31/h3-13H,1-2H3,(H,27,29). The van der Waals surface area contributed by atoms with Crippen molar-refractivity contribution in [1.82, 2.24) is 4.98 Å². The fourth-order valence-corrected chi connectivity index (χ4v) is 3.32. The molecule has 34 heavy (non-hydrogen) atoms. The Labute approximate surface area is 199 Å². The predicted molar refractivity (Wildman–Crippen MR) is 126 cm³/mol. The highest BCUT2D eigenvalue weighted by Crippen LogP contribution is 2.38. The van der Waals surface area contributed by atoms with E-state index in [9.17, 15) is 14.9 Å². The van der Waals surface area contributed by atoms with E-state index < -0.39 is 4.92 Å². The van der Waals surface area contributed by atoms with E-state index in [0.717, 1.165) is 5.56 Å². The molecule has 1 amide bonds. The molecule has 1 heterocycles. The average molecular weight is 480 g/mol. The van der Waals surface area contributed by atoms with Gasteiger partial charge in [0.2, 0.25) is 5.75 Å². The molecule has 3 aromatic carbocycles. The summed E-state index contributed by atoms with van der Waals surface area (Å²) in [6.07, 6.45) is 1.57. The number of rotatable bonds is 7. The molecule has 0 unspecified atom stereocenters. The number of anilines is 1.